The van der Waals surface area contributed by atoms with Crippen LogP contribution in [0.15, 0.2) is 28.7 Å². The van der Waals surface area contributed by atoms with Crippen LogP contribution >= 0.6 is 15.9 Å². The van der Waals surface area contributed by atoms with Crippen molar-refractivity contribution in [1.29, 1.82) is 0 Å². The van der Waals surface area contributed by atoms with Crippen LogP contribution in [0.25, 0.3) is 0 Å². The lowest BCUT2D eigenvalue weighted by Gasteiger charge is -2.24. The third kappa shape index (κ3) is 2.93. The number of rotatable bonds is 5. The van der Waals surface area contributed by atoms with E-state index in [0.717, 1.165) is 23.9 Å². The minimum Gasteiger partial charge on any atom is -0.345 e. The van der Waals surface area contributed by atoms with E-state index in [4.69, 9.17) is 5.73 Å². The van der Waals surface area contributed by atoms with Gasteiger partial charge in [0.2, 0.25) is 5.91 Å². The van der Waals surface area contributed by atoms with Crippen LogP contribution in [0.4, 0.5) is 0 Å². The molecule has 0 atom stereocenters. The van der Waals surface area contributed by atoms with Crippen LogP contribution in [0.1, 0.15) is 24.8 Å². The van der Waals surface area contributed by atoms with Gasteiger partial charge in [-0.15, -0.1) is 0 Å². The van der Waals surface area contributed by atoms with E-state index in [-0.39, 0.29) is 11.3 Å². The summed E-state index contributed by atoms with van der Waals surface area (Å²) in [5.41, 5.74) is 6.93. The molecule has 1 saturated carbocycles. The summed E-state index contributed by atoms with van der Waals surface area (Å²) in [6.45, 7) is 1.22. The Morgan fingerprint density at radius 3 is 2.50 bits per heavy atom. The standard InChI is InChI=1S/C14H19BrN2O/c1-17(13(18)6-9-16)10-14(7-8-14)11-2-4-12(15)5-3-11/h2-5H,6-10,16H2,1H3. The number of likely N-dealkylation sites (N-methyl/N-ethyl adjacent to an activating group) is 1. The Kier molecular flexibility index (Phi) is 4.07. The maximum absolute atomic E-state index is 11.8. The van der Waals surface area contributed by atoms with E-state index < -0.39 is 0 Å². The number of benzene rings is 1. The first kappa shape index (κ1) is 13.6. The Bertz CT molecular complexity index is 426. The quantitative estimate of drug-likeness (QED) is 0.907. The van der Waals surface area contributed by atoms with Crippen LogP contribution in [0, 0.1) is 0 Å². The monoisotopic (exact) mass is 310 g/mol. The number of nitrogens with two attached hydrogens (primary N) is 1. The summed E-state index contributed by atoms with van der Waals surface area (Å²) in [5.74, 6) is 0.140. The van der Waals surface area contributed by atoms with Gasteiger partial charge in [-0.3, -0.25) is 4.79 Å². The molecule has 0 aromatic heterocycles. The summed E-state index contributed by atoms with van der Waals surface area (Å²) < 4.78 is 1.09. The fraction of sp³-hybridized carbons (Fsp3) is 0.500. The lowest BCUT2D eigenvalue weighted by Crippen LogP contribution is -2.35. The molecule has 1 aromatic carbocycles. The number of hydrogen-bond donors (Lipinski definition) is 1. The van der Waals surface area contributed by atoms with Crippen LogP contribution in [0.3, 0.4) is 0 Å². The van der Waals surface area contributed by atoms with Crippen LogP contribution in [-0.4, -0.2) is 30.9 Å². The van der Waals surface area contributed by atoms with Crippen molar-refractivity contribution >= 4 is 21.8 Å². The summed E-state index contributed by atoms with van der Waals surface area (Å²) in [5, 5.41) is 0. The Morgan fingerprint density at radius 1 is 1.39 bits per heavy atom. The van der Waals surface area contributed by atoms with Crippen LogP contribution in [-0.2, 0) is 10.2 Å². The van der Waals surface area contributed by atoms with E-state index in [1.165, 1.54) is 5.56 Å². The smallest absolute Gasteiger partial charge is 0.223 e. The lowest BCUT2D eigenvalue weighted by molar-refractivity contribution is -0.130. The molecule has 1 aliphatic rings. The average molecular weight is 311 g/mol. The van der Waals surface area contributed by atoms with E-state index in [1.807, 2.05) is 11.9 Å². The number of halogens is 1. The molecule has 1 fully saturated rings. The Labute approximate surface area is 116 Å². The topological polar surface area (TPSA) is 46.3 Å². The second-order valence-corrected chi connectivity index (χ2v) is 5.99. The number of amides is 1. The number of carbonyl (C=O) groups is 1. The van der Waals surface area contributed by atoms with Gasteiger partial charge in [0.25, 0.3) is 0 Å². The Morgan fingerprint density at radius 2 is 2.00 bits per heavy atom. The molecule has 0 spiro atoms. The molecule has 1 amide bonds. The molecule has 2 N–H and O–H groups in total. The van der Waals surface area contributed by atoms with Gasteiger partial charge in [-0.2, -0.15) is 0 Å². The molecule has 0 unspecified atom stereocenters. The molecule has 1 aliphatic carbocycles. The third-order valence-corrected chi connectivity index (χ3v) is 4.16. The van der Waals surface area contributed by atoms with Gasteiger partial charge in [0.05, 0.1) is 0 Å². The highest BCUT2D eigenvalue weighted by Crippen LogP contribution is 2.48. The number of carbonyl (C=O) groups excluding carboxylic acids is 1. The first-order chi connectivity index (χ1) is 8.57. The number of nitrogens with zero attached hydrogens (tertiary/aromatic N) is 1. The van der Waals surface area contributed by atoms with Crippen molar-refractivity contribution in [3.63, 3.8) is 0 Å². The molecular weight excluding hydrogens is 292 g/mol. The van der Waals surface area contributed by atoms with Gasteiger partial charge in [-0.1, -0.05) is 28.1 Å². The normalized spacial score (nSPS) is 16.4. The van der Waals surface area contributed by atoms with E-state index in [2.05, 4.69) is 40.2 Å². The van der Waals surface area contributed by atoms with Gasteiger partial charge >= 0.3 is 0 Å². The van der Waals surface area contributed by atoms with Crippen molar-refractivity contribution < 1.29 is 4.79 Å². The van der Waals surface area contributed by atoms with Crippen molar-refractivity contribution in [2.75, 3.05) is 20.1 Å². The van der Waals surface area contributed by atoms with E-state index in [1.54, 1.807) is 0 Å². The maximum atomic E-state index is 11.8. The summed E-state index contributed by atoms with van der Waals surface area (Å²) in [4.78, 5) is 13.6. The second kappa shape index (κ2) is 5.41. The van der Waals surface area contributed by atoms with Crippen LogP contribution in [0.2, 0.25) is 0 Å². The first-order valence-corrected chi connectivity index (χ1v) is 7.07. The van der Waals surface area contributed by atoms with Gasteiger partial charge in [-0.05, 0) is 30.5 Å². The highest BCUT2D eigenvalue weighted by atomic mass is 79.9. The molecule has 3 nitrogen and oxygen atoms in total. The highest BCUT2D eigenvalue weighted by Gasteiger charge is 2.45. The zero-order valence-corrected chi connectivity index (χ0v) is 12.2. The summed E-state index contributed by atoms with van der Waals surface area (Å²) in [6.07, 6.45) is 2.76. The molecule has 0 heterocycles. The van der Waals surface area contributed by atoms with Crippen LogP contribution in [0.5, 0.6) is 0 Å². The van der Waals surface area contributed by atoms with E-state index in [0.29, 0.717) is 13.0 Å². The molecule has 0 radical (unpaired) electrons. The molecule has 0 saturated heterocycles. The zero-order chi connectivity index (χ0) is 13.2. The van der Waals surface area contributed by atoms with Gasteiger partial charge in [0, 0.05) is 36.4 Å². The van der Waals surface area contributed by atoms with Crippen molar-refractivity contribution in [2.45, 2.75) is 24.7 Å². The molecule has 1 aromatic rings. The molecular formula is C14H19BrN2O. The van der Waals surface area contributed by atoms with Gasteiger partial charge in [-0.25, -0.2) is 0 Å². The Balaban J connectivity index is 2.04. The fourth-order valence-corrected chi connectivity index (χ4v) is 2.61. The van der Waals surface area contributed by atoms with Crippen molar-refractivity contribution in [2.24, 2.45) is 5.73 Å². The van der Waals surface area contributed by atoms with Crippen molar-refractivity contribution in [3.8, 4) is 0 Å². The third-order valence-electron chi connectivity index (χ3n) is 3.63. The maximum Gasteiger partial charge on any atom is 0.223 e. The highest BCUT2D eigenvalue weighted by molar-refractivity contribution is 9.10. The SMILES string of the molecule is CN(CC1(c2ccc(Br)cc2)CC1)C(=O)CCN. The molecule has 98 valence electrons. The lowest BCUT2D eigenvalue weighted by atomic mass is 9.95. The average Bonchev–Trinajstić information content (AvgIpc) is 3.11. The van der Waals surface area contributed by atoms with Crippen LogP contribution < -0.4 is 5.73 Å². The zero-order valence-electron chi connectivity index (χ0n) is 10.7. The van der Waals surface area contributed by atoms with Crippen molar-refractivity contribution in [3.05, 3.63) is 34.3 Å². The fourth-order valence-electron chi connectivity index (χ4n) is 2.35. The minimum atomic E-state index is 0.140. The van der Waals surface area contributed by atoms with E-state index in [9.17, 15) is 4.79 Å². The van der Waals surface area contributed by atoms with E-state index >= 15 is 0 Å². The minimum absolute atomic E-state index is 0.140. The largest absolute Gasteiger partial charge is 0.345 e. The summed E-state index contributed by atoms with van der Waals surface area (Å²) in [7, 11) is 1.87. The summed E-state index contributed by atoms with van der Waals surface area (Å²) >= 11 is 3.45. The number of hydrogen-bond acceptors (Lipinski definition) is 2. The van der Waals surface area contributed by atoms with Gasteiger partial charge < -0.3 is 10.6 Å². The molecule has 2 rings (SSSR count). The van der Waals surface area contributed by atoms with Crippen molar-refractivity contribution in [1.82, 2.24) is 4.90 Å². The first-order valence-electron chi connectivity index (χ1n) is 6.27. The van der Waals surface area contributed by atoms with Gasteiger partial charge in [0.15, 0.2) is 0 Å². The second-order valence-electron chi connectivity index (χ2n) is 5.08. The predicted molar refractivity (Wildman–Crippen MR) is 76.4 cm³/mol. The molecule has 18 heavy (non-hydrogen) atoms. The Hall–Kier alpha value is -0.870. The van der Waals surface area contributed by atoms with Gasteiger partial charge in [0.1, 0.15) is 0 Å². The molecule has 4 heteroatoms. The predicted octanol–water partition coefficient (Wildman–Crippen LogP) is 2.29. The molecule has 0 aliphatic heterocycles. The summed E-state index contributed by atoms with van der Waals surface area (Å²) in [6, 6.07) is 8.44. The molecule has 0 bridgehead atoms.